The number of tetrazole rings is 1. The molecule has 0 saturated heterocycles. The number of benzene rings is 1. The second-order valence-corrected chi connectivity index (χ2v) is 7.35. The summed E-state index contributed by atoms with van der Waals surface area (Å²) in [5.74, 6) is 0.739. The van der Waals surface area contributed by atoms with Crippen LogP contribution in [0.5, 0.6) is 0 Å². The molecule has 0 bridgehead atoms. The fraction of sp³-hybridized carbons (Fsp3) is 0.500. The number of rotatable bonds is 10. The Balaban J connectivity index is 1.89. The van der Waals surface area contributed by atoms with Crippen molar-refractivity contribution in [2.75, 3.05) is 26.9 Å². The molecule has 0 amide bonds. The number of ether oxygens (including phenoxy) is 1. The predicted octanol–water partition coefficient (Wildman–Crippen LogP) is -0.00208. The van der Waals surface area contributed by atoms with Crippen LogP contribution < -0.4 is 10.5 Å². The minimum Gasteiger partial charge on any atom is -0.396 e. The van der Waals surface area contributed by atoms with E-state index < -0.39 is 0 Å². The number of pyridine rings is 1. The topological polar surface area (TPSA) is 110 Å². The lowest BCUT2D eigenvalue weighted by molar-refractivity contribution is -0.944. The van der Waals surface area contributed by atoms with Crippen LogP contribution in [0.2, 0.25) is 0 Å². The predicted molar refractivity (Wildman–Crippen MR) is 109 cm³/mol. The van der Waals surface area contributed by atoms with E-state index in [1.54, 1.807) is 11.8 Å². The van der Waals surface area contributed by atoms with Gasteiger partial charge in [0, 0.05) is 25.7 Å². The van der Waals surface area contributed by atoms with Crippen LogP contribution in [0, 0.1) is 6.92 Å². The fourth-order valence-electron chi connectivity index (χ4n) is 3.55. The van der Waals surface area contributed by atoms with E-state index >= 15 is 0 Å². The lowest BCUT2D eigenvalue weighted by atomic mass is 10.1. The highest BCUT2D eigenvalue weighted by Crippen LogP contribution is 2.13. The van der Waals surface area contributed by atoms with E-state index in [2.05, 4.69) is 26.6 Å². The van der Waals surface area contributed by atoms with Crippen LogP contribution in [0.4, 0.5) is 0 Å². The van der Waals surface area contributed by atoms with Crippen molar-refractivity contribution in [1.82, 2.24) is 25.2 Å². The van der Waals surface area contributed by atoms with Gasteiger partial charge in [-0.05, 0) is 47.9 Å². The monoisotopic (exact) mass is 401 g/mol. The van der Waals surface area contributed by atoms with Crippen molar-refractivity contribution >= 4 is 10.9 Å². The van der Waals surface area contributed by atoms with Crippen LogP contribution in [0.15, 0.2) is 29.1 Å². The van der Waals surface area contributed by atoms with Gasteiger partial charge in [0.25, 0.3) is 5.56 Å². The van der Waals surface area contributed by atoms with Crippen molar-refractivity contribution < 1.29 is 14.7 Å². The van der Waals surface area contributed by atoms with Gasteiger partial charge in [0.2, 0.25) is 5.82 Å². The number of quaternary nitrogens is 1. The van der Waals surface area contributed by atoms with Crippen LogP contribution in [0.25, 0.3) is 10.9 Å². The summed E-state index contributed by atoms with van der Waals surface area (Å²) in [6.45, 7) is 6.45. The Bertz CT molecular complexity index is 999. The second-order valence-electron chi connectivity index (χ2n) is 7.35. The number of H-pyrrole nitrogens is 1. The average molecular weight is 401 g/mol. The number of nitrogens with zero attached hydrogens (tertiary/aromatic N) is 4. The number of hydrogen-bond donors (Lipinski definition) is 3. The maximum absolute atomic E-state index is 12.7. The van der Waals surface area contributed by atoms with Gasteiger partial charge in [-0.3, -0.25) is 4.79 Å². The van der Waals surface area contributed by atoms with E-state index in [4.69, 9.17) is 4.74 Å². The van der Waals surface area contributed by atoms with Crippen molar-refractivity contribution in [3.05, 3.63) is 51.6 Å². The summed E-state index contributed by atoms with van der Waals surface area (Å²) in [4.78, 5) is 16.8. The van der Waals surface area contributed by atoms with Crippen LogP contribution in [-0.2, 0) is 17.8 Å². The lowest BCUT2D eigenvalue weighted by Crippen LogP contribution is -3.11. The third-order valence-corrected chi connectivity index (χ3v) is 5.22. The molecular weight excluding hydrogens is 372 g/mol. The van der Waals surface area contributed by atoms with Crippen molar-refractivity contribution in [1.29, 1.82) is 0 Å². The molecule has 9 heteroatoms. The number of aliphatic hydroxyl groups is 1. The highest BCUT2D eigenvalue weighted by atomic mass is 16.5. The molecule has 0 radical (unpaired) electrons. The number of methoxy groups -OCH3 is 1. The van der Waals surface area contributed by atoms with Gasteiger partial charge in [-0.15, -0.1) is 5.10 Å². The van der Waals surface area contributed by atoms with E-state index in [0.717, 1.165) is 27.2 Å². The normalized spacial score (nSPS) is 13.7. The van der Waals surface area contributed by atoms with Gasteiger partial charge in [0.1, 0.15) is 12.6 Å². The summed E-state index contributed by atoms with van der Waals surface area (Å²) in [7, 11) is 1.64. The molecule has 0 spiro atoms. The molecule has 156 valence electrons. The lowest BCUT2D eigenvalue weighted by Gasteiger charge is -2.25. The molecule has 0 saturated carbocycles. The first-order valence-electron chi connectivity index (χ1n) is 9.86. The summed E-state index contributed by atoms with van der Waals surface area (Å²) in [5, 5.41) is 22.4. The standard InChI is InChI=1S/C20H28N6O3/c1-14-5-6-18-16(11-14)12-17(20(28)21-18)13-25(7-4-9-27)15(2)19-22-23-24-26(19)8-10-29-3/h5-6,11-12,15,27H,4,7-10,13H2,1-3H3,(H,21,28)/p+1/t15-/m1/s1. The van der Waals surface area contributed by atoms with Crippen molar-refractivity contribution in [3.8, 4) is 0 Å². The summed E-state index contributed by atoms with van der Waals surface area (Å²) in [6.07, 6.45) is 0.629. The molecule has 9 nitrogen and oxygen atoms in total. The van der Waals surface area contributed by atoms with Gasteiger partial charge < -0.3 is 19.7 Å². The number of aryl methyl sites for hydroxylation is 1. The van der Waals surface area contributed by atoms with Gasteiger partial charge >= 0.3 is 0 Å². The minimum absolute atomic E-state index is 0.0546. The summed E-state index contributed by atoms with van der Waals surface area (Å²) >= 11 is 0. The van der Waals surface area contributed by atoms with Crippen LogP contribution >= 0.6 is 0 Å². The zero-order valence-corrected chi connectivity index (χ0v) is 17.2. The Kier molecular flexibility index (Phi) is 7.08. The molecule has 3 aromatic rings. The van der Waals surface area contributed by atoms with E-state index in [1.165, 1.54) is 0 Å². The fourth-order valence-corrected chi connectivity index (χ4v) is 3.55. The minimum atomic E-state index is -0.0889. The Morgan fingerprint density at radius 2 is 2.17 bits per heavy atom. The first-order chi connectivity index (χ1) is 14.0. The first-order valence-corrected chi connectivity index (χ1v) is 9.86. The van der Waals surface area contributed by atoms with E-state index in [-0.39, 0.29) is 18.2 Å². The van der Waals surface area contributed by atoms with Gasteiger partial charge in [-0.25, -0.2) is 4.68 Å². The molecule has 2 atom stereocenters. The van der Waals surface area contributed by atoms with E-state index in [1.807, 2.05) is 32.0 Å². The number of aromatic nitrogens is 5. The third kappa shape index (κ3) is 5.06. The van der Waals surface area contributed by atoms with E-state index in [0.29, 0.717) is 38.2 Å². The molecule has 0 aliphatic rings. The molecule has 0 aliphatic carbocycles. The Labute approximate surface area is 169 Å². The summed E-state index contributed by atoms with van der Waals surface area (Å²) in [6, 6.07) is 7.88. The molecule has 3 rings (SSSR count). The molecule has 2 aromatic heterocycles. The zero-order valence-electron chi connectivity index (χ0n) is 17.2. The molecule has 29 heavy (non-hydrogen) atoms. The largest absolute Gasteiger partial charge is 0.396 e. The van der Waals surface area contributed by atoms with Crippen LogP contribution in [0.3, 0.4) is 0 Å². The van der Waals surface area contributed by atoms with Gasteiger partial charge in [0.15, 0.2) is 0 Å². The molecule has 1 aromatic carbocycles. The second kappa shape index (κ2) is 9.73. The molecule has 2 heterocycles. The summed E-state index contributed by atoms with van der Waals surface area (Å²) < 4.78 is 6.87. The van der Waals surface area contributed by atoms with Crippen LogP contribution in [0.1, 0.15) is 36.3 Å². The highest BCUT2D eigenvalue weighted by Gasteiger charge is 2.26. The van der Waals surface area contributed by atoms with Gasteiger partial charge in [-0.2, -0.15) is 0 Å². The highest BCUT2D eigenvalue weighted by molar-refractivity contribution is 5.79. The Morgan fingerprint density at radius 3 is 2.93 bits per heavy atom. The maximum Gasteiger partial charge on any atom is 0.257 e. The number of aromatic amines is 1. The maximum atomic E-state index is 12.7. The van der Waals surface area contributed by atoms with Crippen LogP contribution in [-0.4, -0.2) is 57.2 Å². The quantitative estimate of drug-likeness (QED) is 0.441. The molecule has 1 unspecified atom stereocenters. The summed E-state index contributed by atoms with van der Waals surface area (Å²) in [5.41, 5.74) is 2.59. The Morgan fingerprint density at radius 1 is 1.34 bits per heavy atom. The third-order valence-electron chi connectivity index (χ3n) is 5.22. The van der Waals surface area contributed by atoms with Gasteiger partial charge in [0.05, 0.1) is 25.3 Å². The average Bonchev–Trinajstić information content (AvgIpc) is 3.18. The smallest absolute Gasteiger partial charge is 0.257 e. The number of nitrogens with one attached hydrogen (secondary N) is 2. The molecular formula is C20H29N6O3+. The number of hydrogen-bond acceptors (Lipinski definition) is 6. The first kappa shape index (κ1) is 21.1. The molecule has 0 fully saturated rings. The van der Waals surface area contributed by atoms with Crippen molar-refractivity contribution in [2.24, 2.45) is 0 Å². The number of fused-ring (bicyclic) bond motifs is 1. The van der Waals surface area contributed by atoms with Gasteiger partial charge in [-0.1, -0.05) is 11.6 Å². The Hall–Kier alpha value is -2.62. The van der Waals surface area contributed by atoms with Crippen molar-refractivity contribution in [3.63, 3.8) is 0 Å². The van der Waals surface area contributed by atoms with E-state index in [9.17, 15) is 9.90 Å². The zero-order chi connectivity index (χ0) is 20.8. The van der Waals surface area contributed by atoms with Crippen molar-refractivity contribution in [2.45, 2.75) is 39.4 Å². The molecule has 3 N–H and O–H groups in total. The SMILES string of the molecule is COCCn1nnnc1[C@@H](C)[NH+](CCCO)Cc1cc2cc(C)ccc2[nH]c1=O. The number of aliphatic hydroxyl groups excluding tert-OH is 1. The molecule has 0 aliphatic heterocycles.